The lowest BCUT2D eigenvalue weighted by Gasteiger charge is -2.31. The van der Waals surface area contributed by atoms with Crippen LogP contribution in [0.25, 0.3) is 0 Å². The predicted octanol–water partition coefficient (Wildman–Crippen LogP) is 4.39. The average Bonchev–Trinajstić information content (AvgIpc) is 2.63. The van der Waals surface area contributed by atoms with Crippen molar-refractivity contribution in [1.29, 1.82) is 0 Å². The normalized spacial score (nSPS) is 14.0. The molecule has 1 amide bonds. The lowest BCUT2D eigenvalue weighted by atomic mass is 10.1. The van der Waals surface area contributed by atoms with Crippen LogP contribution in [0.1, 0.15) is 24.8 Å². The first-order valence-electron chi connectivity index (χ1n) is 8.82. The Bertz CT molecular complexity index is 776. The van der Waals surface area contributed by atoms with Crippen molar-refractivity contribution in [3.8, 4) is 0 Å². The fraction of sp³-hybridized carbons (Fsp3) is 0.300. The molecule has 2 N–H and O–H groups in total. The average molecular weight is 388 g/mol. The minimum atomic E-state index is -0.143. The number of amides is 1. The first-order valence-corrected chi connectivity index (χ1v) is 9.60. The Morgan fingerprint density at radius 1 is 1.04 bits per heavy atom. The van der Waals surface area contributed by atoms with Gasteiger partial charge in [-0.3, -0.25) is 4.79 Å². The largest absolute Gasteiger partial charge is 0.369 e. The van der Waals surface area contributed by atoms with Crippen LogP contribution in [0.5, 0.6) is 0 Å². The summed E-state index contributed by atoms with van der Waals surface area (Å²) in [5.74, 6) is -0.143. The first kappa shape index (κ1) is 18.7. The monoisotopic (exact) mass is 387 g/mol. The molecule has 2 aromatic carbocycles. The van der Waals surface area contributed by atoms with Crippen molar-refractivity contribution in [3.05, 3.63) is 59.1 Å². The minimum Gasteiger partial charge on any atom is -0.369 e. The molecule has 1 aliphatic heterocycles. The highest BCUT2D eigenvalue weighted by atomic mass is 35.5. The smallest absolute Gasteiger partial charge is 0.230 e. The number of carbonyl (C=O) groups excluding carboxylic acids is 1. The summed E-state index contributed by atoms with van der Waals surface area (Å²) in [5.41, 5.74) is 2.72. The second-order valence-corrected chi connectivity index (χ2v) is 7.16. The Hall–Kier alpha value is -2.11. The van der Waals surface area contributed by atoms with Gasteiger partial charge >= 0.3 is 0 Å². The molecule has 6 heteroatoms. The molecular formula is C20H22ClN3OS. The van der Waals surface area contributed by atoms with Gasteiger partial charge in [-0.15, -0.1) is 0 Å². The number of thiocarbonyl (C=S) groups is 1. The van der Waals surface area contributed by atoms with Crippen molar-refractivity contribution in [3.63, 3.8) is 0 Å². The van der Waals surface area contributed by atoms with Crippen molar-refractivity contribution in [1.82, 2.24) is 5.32 Å². The van der Waals surface area contributed by atoms with Crippen LogP contribution in [0, 0.1) is 0 Å². The van der Waals surface area contributed by atoms with Crippen LogP contribution in [0.15, 0.2) is 48.5 Å². The third kappa shape index (κ3) is 4.96. The molecule has 0 bridgehead atoms. The number of anilines is 2. The zero-order valence-corrected chi connectivity index (χ0v) is 16.1. The molecule has 1 aliphatic rings. The summed E-state index contributed by atoms with van der Waals surface area (Å²) < 4.78 is 0. The van der Waals surface area contributed by atoms with E-state index in [-0.39, 0.29) is 17.4 Å². The SMILES string of the molecule is O=C(Cc1ccccc1)NC(=S)Nc1cccc(Cl)c1N1CCCCC1. The van der Waals surface area contributed by atoms with Crippen molar-refractivity contribution < 1.29 is 4.79 Å². The van der Waals surface area contributed by atoms with Gasteiger partial charge in [0.1, 0.15) is 0 Å². The number of benzene rings is 2. The fourth-order valence-electron chi connectivity index (χ4n) is 3.16. The lowest BCUT2D eigenvalue weighted by molar-refractivity contribution is -0.119. The van der Waals surface area contributed by atoms with Crippen LogP contribution < -0.4 is 15.5 Å². The van der Waals surface area contributed by atoms with Gasteiger partial charge in [-0.25, -0.2) is 0 Å². The molecule has 0 aromatic heterocycles. The zero-order chi connectivity index (χ0) is 18.4. The molecule has 0 unspecified atom stereocenters. The molecule has 136 valence electrons. The number of nitrogens with one attached hydrogen (secondary N) is 2. The molecule has 4 nitrogen and oxygen atoms in total. The number of piperidine rings is 1. The predicted molar refractivity (Wildman–Crippen MR) is 112 cm³/mol. The van der Waals surface area contributed by atoms with Crippen molar-refractivity contribution in [2.45, 2.75) is 25.7 Å². The topological polar surface area (TPSA) is 44.4 Å². The third-order valence-corrected chi connectivity index (χ3v) is 4.88. The van der Waals surface area contributed by atoms with Crippen LogP contribution in [0.3, 0.4) is 0 Å². The Morgan fingerprint density at radius 2 is 1.77 bits per heavy atom. The van der Waals surface area contributed by atoms with Crippen molar-refractivity contribution >= 4 is 46.2 Å². The summed E-state index contributed by atoms with van der Waals surface area (Å²) in [6, 6.07) is 15.3. The highest BCUT2D eigenvalue weighted by molar-refractivity contribution is 7.80. The number of carbonyl (C=O) groups is 1. The molecule has 1 fully saturated rings. The minimum absolute atomic E-state index is 0.143. The van der Waals surface area contributed by atoms with E-state index in [9.17, 15) is 4.79 Å². The van der Waals surface area contributed by atoms with E-state index in [2.05, 4.69) is 15.5 Å². The van der Waals surface area contributed by atoms with E-state index in [0.717, 1.165) is 42.9 Å². The highest BCUT2D eigenvalue weighted by Crippen LogP contribution is 2.35. The Labute approximate surface area is 164 Å². The molecule has 3 rings (SSSR count). The maximum atomic E-state index is 12.2. The van der Waals surface area contributed by atoms with E-state index in [0.29, 0.717) is 5.02 Å². The summed E-state index contributed by atoms with van der Waals surface area (Å²) in [5, 5.41) is 6.86. The molecule has 0 aliphatic carbocycles. The number of para-hydroxylation sites is 1. The third-order valence-electron chi connectivity index (χ3n) is 4.37. The number of halogens is 1. The van der Waals surface area contributed by atoms with Gasteiger partial charge in [0.05, 0.1) is 22.8 Å². The zero-order valence-electron chi connectivity index (χ0n) is 14.5. The number of hydrogen-bond donors (Lipinski definition) is 2. The van der Waals surface area contributed by atoms with Crippen molar-refractivity contribution in [2.75, 3.05) is 23.3 Å². The summed E-state index contributed by atoms with van der Waals surface area (Å²) in [7, 11) is 0. The van der Waals surface area contributed by atoms with Crippen LogP contribution in [0.4, 0.5) is 11.4 Å². The van der Waals surface area contributed by atoms with E-state index in [1.165, 1.54) is 6.42 Å². The quantitative estimate of drug-likeness (QED) is 0.764. The Balaban J connectivity index is 1.65. The molecule has 0 spiro atoms. The summed E-state index contributed by atoms with van der Waals surface area (Å²) >= 11 is 11.8. The standard InChI is InChI=1S/C20H22ClN3OS/c21-16-10-7-11-17(19(16)24-12-5-2-6-13-24)22-20(26)23-18(25)14-15-8-3-1-4-9-15/h1,3-4,7-11H,2,5-6,12-14H2,(H2,22,23,25,26). The lowest BCUT2D eigenvalue weighted by Crippen LogP contribution is -2.36. The van der Waals surface area contributed by atoms with Gasteiger partial charge in [0.2, 0.25) is 5.91 Å². The molecule has 2 aromatic rings. The molecule has 0 saturated carbocycles. The molecule has 26 heavy (non-hydrogen) atoms. The Morgan fingerprint density at radius 3 is 2.50 bits per heavy atom. The molecule has 0 radical (unpaired) electrons. The van der Waals surface area contributed by atoms with E-state index in [1.54, 1.807) is 0 Å². The number of rotatable bonds is 4. The number of hydrogen-bond acceptors (Lipinski definition) is 3. The summed E-state index contributed by atoms with van der Waals surface area (Å²) in [6.07, 6.45) is 3.85. The summed E-state index contributed by atoms with van der Waals surface area (Å²) in [4.78, 5) is 14.5. The van der Waals surface area contributed by atoms with E-state index in [1.807, 2.05) is 48.5 Å². The Kier molecular flexibility index (Phi) is 6.47. The van der Waals surface area contributed by atoms with E-state index in [4.69, 9.17) is 23.8 Å². The summed E-state index contributed by atoms with van der Waals surface area (Å²) in [6.45, 7) is 1.96. The van der Waals surface area contributed by atoms with Gasteiger partial charge in [0.15, 0.2) is 5.11 Å². The second-order valence-electron chi connectivity index (χ2n) is 6.35. The van der Waals surface area contributed by atoms with Gasteiger partial charge in [0, 0.05) is 13.1 Å². The highest BCUT2D eigenvalue weighted by Gasteiger charge is 2.18. The maximum absolute atomic E-state index is 12.2. The maximum Gasteiger partial charge on any atom is 0.230 e. The molecular weight excluding hydrogens is 366 g/mol. The van der Waals surface area contributed by atoms with Gasteiger partial charge in [-0.05, 0) is 49.2 Å². The van der Waals surface area contributed by atoms with Gasteiger partial charge in [0.25, 0.3) is 0 Å². The van der Waals surface area contributed by atoms with E-state index < -0.39 is 0 Å². The van der Waals surface area contributed by atoms with Crippen LogP contribution in [-0.4, -0.2) is 24.1 Å². The molecule has 0 atom stereocenters. The second kappa shape index (κ2) is 9.01. The molecule has 1 heterocycles. The van der Waals surface area contributed by atoms with Gasteiger partial charge in [-0.1, -0.05) is 48.0 Å². The van der Waals surface area contributed by atoms with Crippen LogP contribution >= 0.6 is 23.8 Å². The molecule has 1 saturated heterocycles. The fourth-order valence-corrected chi connectivity index (χ4v) is 3.68. The first-order chi connectivity index (χ1) is 12.6. The van der Waals surface area contributed by atoms with Crippen LogP contribution in [0.2, 0.25) is 5.02 Å². The van der Waals surface area contributed by atoms with Crippen molar-refractivity contribution in [2.24, 2.45) is 0 Å². The van der Waals surface area contributed by atoms with Crippen LogP contribution in [-0.2, 0) is 11.2 Å². The number of nitrogens with zero attached hydrogens (tertiary/aromatic N) is 1. The van der Waals surface area contributed by atoms with Gasteiger partial charge < -0.3 is 15.5 Å². The van der Waals surface area contributed by atoms with E-state index >= 15 is 0 Å². The van der Waals surface area contributed by atoms with Gasteiger partial charge in [-0.2, -0.15) is 0 Å².